The van der Waals surface area contributed by atoms with E-state index >= 15 is 0 Å². The molecule has 35 heavy (non-hydrogen) atoms. The van der Waals surface area contributed by atoms with Gasteiger partial charge < -0.3 is 9.14 Å². The molecule has 2 aromatic heterocycles. The van der Waals surface area contributed by atoms with Crippen molar-refractivity contribution in [3.05, 3.63) is 101 Å². The number of carbonyl (C=O) groups is 1. The maximum atomic E-state index is 13.3. The molecule has 6 nitrogen and oxygen atoms in total. The number of sulfone groups is 1. The number of benzene rings is 2. The van der Waals surface area contributed by atoms with E-state index in [1.54, 1.807) is 37.4 Å². The number of nitrogens with zero attached hydrogens (tertiary/aromatic N) is 2. The number of esters is 1. The third-order valence-corrected chi connectivity index (χ3v) is 7.66. The van der Waals surface area contributed by atoms with Crippen LogP contribution in [0.3, 0.4) is 0 Å². The van der Waals surface area contributed by atoms with Crippen molar-refractivity contribution in [3.8, 4) is 6.07 Å². The van der Waals surface area contributed by atoms with E-state index in [-0.39, 0.29) is 28.8 Å². The first-order chi connectivity index (χ1) is 16.7. The molecule has 0 saturated heterocycles. The number of ether oxygens (including phenoxy) is 1. The highest BCUT2D eigenvalue weighted by Crippen LogP contribution is 2.28. The van der Waals surface area contributed by atoms with E-state index in [0.717, 1.165) is 40.0 Å². The molecular formula is C27H23FN2O4S. The Morgan fingerprint density at radius 1 is 1.09 bits per heavy atom. The minimum atomic E-state index is -3.83. The predicted molar refractivity (Wildman–Crippen MR) is 128 cm³/mol. The van der Waals surface area contributed by atoms with E-state index in [1.807, 2.05) is 17.4 Å². The predicted octanol–water partition coefficient (Wildman–Crippen LogP) is 4.79. The number of carbonyl (C=O) groups excluding carboxylic acids is 1. The van der Waals surface area contributed by atoms with Crippen molar-refractivity contribution in [2.75, 3.05) is 6.61 Å². The second-order valence-electron chi connectivity index (χ2n) is 8.10. The summed E-state index contributed by atoms with van der Waals surface area (Å²) in [6, 6.07) is 16.9. The number of hydrogen-bond donors (Lipinski definition) is 0. The van der Waals surface area contributed by atoms with Crippen molar-refractivity contribution in [1.82, 2.24) is 4.40 Å². The Kier molecular flexibility index (Phi) is 6.72. The largest absolute Gasteiger partial charge is 0.466 e. The number of rotatable bonds is 7. The second-order valence-corrected chi connectivity index (χ2v) is 10.0. The number of hydrogen-bond acceptors (Lipinski definition) is 5. The van der Waals surface area contributed by atoms with Crippen LogP contribution in [0.2, 0.25) is 0 Å². The van der Waals surface area contributed by atoms with Gasteiger partial charge in [0.2, 0.25) is 9.84 Å². The molecule has 0 aliphatic rings. The van der Waals surface area contributed by atoms with E-state index in [2.05, 4.69) is 6.07 Å². The van der Waals surface area contributed by atoms with Gasteiger partial charge in [-0.15, -0.1) is 0 Å². The van der Waals surface area contributed by atoms with Gasteiger partial charge in [0, 0.05) is 23.8 Å². The zero-order valence-electron chi connectivity index (χ0n) is 19.3. The Bertz CT molecular complexity index is 1570. The zero-order valence-corrected chi connectivity index (χ0v) is 20.1. The van der Waals surface area contributed by atoms with Gasteiger partial charge in [0.05, 0.1) is 28.4 Å². The minimum absolute atomic E-state index is 0.00995. The highest BCUT2D eigenvalue weighted by molar-refractivity contribution is 7.91. The van der Waals surface area contributed by atoms with E-state index in [9.17, 15) is 22.9 Å². The van der Waals surface area contributed by atoms with Crippen LogP contribution in [0.1, 0.15) is 34.9 Å². The molecule has 0 bridgehead atoms. The smallest absolute Gasteiger partial charge is 0.310 e. The Labute approximate surface area is 203 Å². The van der Waals surface area contributed by atoms with E-state index in [0.29, 0.717) is 12.0 Å². The number of aromatic nitrogens is 1. The lowest BCUT2D eigenvalue weighted by atomic mass is 10.0. The molecule has 2 aromatic carbocycles. The number of pyridine rings is 1. The van der Waals surface area contributed by atoms with Gasteiger partial charge in [-0.1, -0.05) is 12.1 Å². The van der Waals surface area contributed by atoms with Crippen molar-refractivity contribution >= 4 is 21.3 Å². The van der Waals surface area contributed by atoms with Gasteiger partial charge in [-0.05, 0) is 79.1 Å². The summed E-state index contributed by atoms with van der Waals surface area (Å²) in [7, 11) is -3.83. The van der Waals surface area contributed by atoms with Crippen LogP contribution >= 0.6 is 0 Å². The van der Waals surface area contributed by atoms with Gasteiger partial charge in [-0.25, -0.2) is 12.8 Å². The lowest BCUT2D eigenvalue weighted by molar-refractivity contribution is -0.142. The Morgan fingerprint density at radius 3 is 2.51 bits per heavy atom. The van der Waals surface area contributed by atoms with E-state index < -0.39 is 15.7 Å². The molecule has 4 aromatic rings. The molecule has 0 radical (unpaired) electrons. The molecule has 0 aliphatic carbocycles. The van der Waals surface area contributed by atoms with Gasteiger partial charge in [-0.2, -0.15) is 5.26 Å². The lowest BCUT2D eigenvalue weighted by Gasteiger charge is -2.09. The Morgan fingerprint density at radius 2 is 1.83 bits per heavy atom. The molecule has 178 valence electrons. The summed E-state index contributed by atoms with van der Waals surface area (Å²) in [5, 5.41) is 9.39. The molecule has 0 unspecified atom stereocenters. The van der Waals surface area contributed by atoms with Gasteiger partial charge in [0.15, 0.2) is 0 Å². The molecular weight excluding hydrogens is 467 g/mol. The summed E-state index contributed by atoms with van der Waals surface area (Å²) in [4.78, 5) is 12.3. The van der Waals surface area contributed by atoms with E-state index in [4.69, 9.17) is 4.74 Å². The van der Waals surface area contributed by atoms with Crippen molar-refractivity contribution in [1.29, 1.82) is 5.26 Å². The molecule has 4 rings (SSSR count). The number of nitriles is 1. The third kappa shape index (κ3) is 4.81. The first-order valence-corrected chi connectivity index (χ1v) is 12.5. The number of fused-ring (bicyclic) bond motifs is 1. The van der Waals surface area contributed by atoms with Crippen LogP contribution in [0.15, 0.2) is 76.7 Å². The fraction of sp³-hybridized carbons (Fsp3) is 0.185. The summed E-state index contributed by atoms with van der Waals surface area (Å²) in [6.07, 6.45) is 2.18. The fourth-order valence-corrected chi connectivity index (χ4v) is 5.48. The maximum Gasteiger partial charge on any atom is 0.310 e. The first kappa shape index (κ1) is 24.2. The summed E-state index contributed by atoms with van der Waals surface area (Å²) in [5.41, 5.74) is 4.51. The molecule has 0 amide bonds. The van der Waals surface area contributed by atoms with Crippen LogP contribution in [0, 0.1) is 24.1 Å². The van der Waals surface area contributed by atoms with Crippen LogP contribution in [0.5, 0.6) is 0 Å². The van der Waals surface area contributed by atoms with Crippen LogP contribution in [-0.2, 0) is 32.2 Å². The maximum absolute atomic E-state index is 13.3. The van der Waals surface area contributed by atoms with E-state index in [1.165, 1.54) is 18.2 Å². The van der Waals surface area contributed by atoms with Crippen molar-refractivity contribution in [2.45, 2.75) is 36.5 Å². The fourth-order valence-electron chi connectivity index (χ4n) is 4.15. The molecule has 2 heterocycles. The summed E-state index contributed by atoms with van der Waals surface area (Å²) in [6.45, 7) is 3.94. The third-order valence-electron chi connectivity index (χ3n) is 5.89. The molecule has 0 N–H and O–H groups in total. The van der Waals surface area contributed by atoms with Crippen LogP contribution in [0.25, 0.3) is 5.52 Å². The Balaban J connectivity index is 1.77. The quantitative estimate of drug-likeness (QED) is 0.275. The van der Waals surface area contributed by atoms with Crippen molar-refractivity contribution in [2.24, 2.45) is 0 Å². The highest BCUT2D eigenvalue weighted by atomic mass is 32.2. The van der Waals surface area contributed by atoms with Crippen molar-refractivity contribution < 1.29 is 22.3 Å². The van der Waals surface area contributed by atoms with Gasteiger partial charge in [0.1, 0.15) is 11.9 Å². The normalized spacial score (nSPS) is 11.4. The van der Waals surface area contributed by atoms with Gasteiger partial charge in [0.25, 0.3) is 0 Å². The summed E-state index contributed by atoms with van der Waals surface area (Å²) < 4.78 is 46.5. The monoisotopic (exact) mass is 490 g/mol. The minimum Gasteiger partial charge on any atom is -0.466 e. The average molecular weight is 491 g/mol. The second kappa shape index (κ2) is 9.72. The molecule has 0 fully saturated rings. The standard InChI is InChI=1S/C27H23FN2O4S/c1-3-34-27(31)15-24-18(2)26(30-17-20(16-29)7-12-25(24)30)14-19-5-4-6-23(13-19)35(32,33)22-10-8-21(28)9-11-22/h4-13,17H,3,14-15H2,1-2H3. The molecule has 8 heteroatoms. The highest BCUT2D eigenvalue weighted by Gasteiger charge is 2.21. The molecule has 0 atom stereocenters. The lowest BCUT2D eigenvalue weighted by Crippen LogP contribution is -2.08. The summed E-state index contributed by atoms with van der Waals surface area (Å²) >= 11 is 0. The number of halogens is 1. The van der Waals surface area contributed by atoms with Crippen LogP contribution in [0.4, 0.5) is 4.39 Å². The molecule has 0 spiro atoms. The topological polar surface area (TPSA) is 88.6 Å². The summed E-state index contributed by atoms with van der Waals surface area (Å²) in [5.74, 6) is -0.852. The van der Waals surface area contributed by atoms with Gasteiger partial charge in [-0.3, -0.25) is 4.79 Å². The SMILES string of the molecule is CCOC(=O)Cc1c(C)c(Cc2cccc(S(=O)(=O)c3ccc(F)cc3)c2)n2cc(C#N)ccc12. The first-order valence-electron chi connectivity index (χ1n) is 11.0. The van der Waals surface area contributed by atoms with Gasteiger partial charge >= 0.3 is 5.97 Å². The van der Waals surface area contributed by atoms with Crippen LogP contribution < -0.4 is 0 Å². The van der Waals surface area contributed by atoms with Crippen LogP contribution in [-0.4, -0.2) is 25.4 Å². The van der Waals surface area contributed by atoms with Crippen molar-refractivity contribution in [3.63, 3.8) is 0 Å². The Hall–Kier alpha value is -3.96. The zero-order chi connectivity index (χ0) is 25.2. The molecule has 0 saturated carbocycles. The molecule has 0 aliphatic heterocycles. The average Bonchev–Trinajstić information content (AvgIpc) is 3.09.